The first-order chi connectivity index (χ1) is 7.33. The molecule has 1 aromatic rings. The number of carbonyl (C=O) groups is 1. The maximum Gasteiger partial charge on any atom is 0.323 e. The lowest BCUT2D eigenvalue weighted by Gasteiger charge is -2.08. The number of aliphatic carboxylic acids is 1. The molecule has 2 N–H and O–H groups in total. The van der Waals surface area contributed by atoms with Crippen molar-refractivity contribution < 1.29 is 18.3 Å². The largest absolute Gasteiger partial charge is 0.480 e. The maximum atomic E-state index is 11.4. The van der Waals surface area contributed by atoms with Crippen molar-refractivity contribution >= 4 is 16.0 Å². The van der Waals surface area contributed by atoms with Gasteiger partial charge < -0.3 is 5.11 Å². The summed E-state index contributed by atoms with van der Waals surface area (Å²) in [6, 6.07) is 1.65. The Balaban J connectivity index is 2.65. The monoisotopic (exact) mass is 247 g/mol. The van der Waals surface area contributed by atoms with Gasteiger partial charge in [0.25, 0.3) is 0 Å². The Morgan fingerprint density at radius 1 is 1.69 bits per heavy atom. The number of nitrogens with zero attached hydrogens (tertiary/aromatic N) is 2. The van der Waals surface area contributed by atoms with Crippen molar-refractivity contribution in [3.05, 3.63) is 18.0 Å². The van der Waals surface area contributed by atoms with Gasteiger partial charge >= 0.3 is 5.97 Å². The lowest BCUT2D eigenvalue weighted by Crippen LogP contribution is -2.37. The second-order valence-corrected chi connectivity index (χ2v) is 5.41. The van der Waals surface area contributed by atoms with E-state index in [2.05, 4.69) is 9.82 Å². The van der Waals surface area contributed by atoms with Crippen LogP contribution in [0.4, 0.5) is 0 Å². The third-order valence-corrected chi connectivity index (χ3v) is 3.72. The Labute approximate surface area is 93.1 Å². The van der Waals surface area contributed by atoms with Crippen LogP contribution in [0.2, 0.25) is 0 Å². The average Bonchev–Trinajstić information content (AvgIpc) is 2.60. The first-order valence-electron chi connectivity index (χ1n) is 4.53. The highest BCUT2D eigenvalue weighted by molar-refractivity contribution is 7.90. The normalized spacial score (nSPS) is 13.6. The van der Waals surface area contributed by atoms with E-state index in [1.165, 1.54) is 4.68 Å². The molecule has 1 rings (SSSR count). The number of aryl methyl sites for hydroxylation is 1. The summed E-state index contributed by atoms with van der Waals surface area (Å²) >= 11 is 0. The van der Waals surface area contributed by atoms with Crippen LogP contribution in [-0.4, -0.2) is 34.5 Å². The molecule has 8 heteroatoms. The fourth-order valence-corrected chi connectivity index (χ4v) is 1.85. The van der Waals surface area contributed by atoms with Crippen molar-refractivity contribution in [3.8, 4) is 0 Å². The summed E-state index contributed by atoms with van der Waals surface area (Å²) in [7, 11) is -2.14. The van der Waals surface area contributed by atoms with Crippen molar-refractivity contribution in [2.24, 2.45) is 7.05 Å². The Hall–Kier alpha value is -1.41. The van der Waals surface area contributed by atoms with E-state index in [1.807, 2.05) is 0 Å². The lowest BCUT2D eigenvalue weighted by molar-refractivity contribution is -0.136. The molecule has 0 spiro atoms. The van der Waals surface area contributed by atoms with Crippen LogP contribution in [0.1, 0.15) is 12.6 Å². The molecule has 0 aliphatic carbocycles. The summed E-state index contributed by atoms with van der Waals surface area (Å²) < 4.78 is 26.6. The molecule has 0 bridgehead atoms. The molecule has 1 aromatic heterocycles. The summed E-state index contributed by atoms with van der Waals surface area (Å²) in [5.74, 6) is -1.38. The molecule has 0 aliphatic rings. The van der Waals surface area contributed by atoms with Gasteiger partial charge in [0.15, 0.2) is 5.25 Å². The maximum absolute atomic E-state index is 11.4. The number of sulfonamides is 1. The topological polar surface area (TPSA) is 101 Å². The summed E-state index contributed by atoms with van der Waals surface area (Å²) in [5.41, 5.74) is 0.531. The van der Waals surface area contributed by atoms with Crippen LogP contribution < -0.4 is 4.72 Å². The molecule has 0 radical (unpaired) electrons. The third-order valence-electron chi connectivity index (χ3n) is 2.04. The zero-order valence-electron chi connectivity index (χ0n) is 8.91. The van der Waals surface area contributed by atoms with E-state index >= 15 is 0 Å². The van der Waals surface area contributed by atoms with Gasteiger partial charge in [0.2, 0.25) is 10.0 Å². The standard InChI is InChI=1S/C8H13N3O4S/c1-6(8(12)13)16(14,15)9-5-7-3-4-11(2)10-7/h3-4,6,9H,5H2,1-2H3,(H,12,13). The zero-order chi connectivity index (χ0) is 12.3. The van der Waals surface area contributed by atoms with Crippen LogP contribution in [-0.2, 0) is 28.4 Å². The summed E-state index contributed by atoms with van der Waals surface area (Å²) in [5, 5.41) is 11.1. The molecule has 0 saturated heterocycles. The summed E-state index contributed by atoms with van der Waals surface area (Å²) in [6.07, 6.45) is 1.67. The Morgan fingerprint density at radius 2 is 2.31 bits per heavy atom. The smallest absolute Gasteiger partial charge is 0.323 e. The molecule has 0 saturated carbocycles. The van der Waals surface area contributed by atoms with E-state index in [-0.39, 0.29) is 6.54 Å². The Morgan fingerprint density at radius 3 is 2.75 bits per heavy atom. The summed E-state index contributed by atoms with van der Waals surface area (Å²) in [6.45, 7) is 1.10. The van der Waals surface area contributed by atoms with E-state index in [1.54, 1.807) is 19.3 Å². The van der Waals surface area contributed by atoms with Gasteiger partial charge in [-0.3, -0.25) is 9.48 Å². The number of aromatic nitrogens is 2. The fraction of sp³-hybridized carbons (Fsp3) is 0.500. The van der Waals surface area contributed by atoms with Crippen molar-refractivity contribution in [1.29, 1.82) is 0 Å². The summed E-state index contributed by atoms with van der Waals surface area (Å²) in [4.78, 5) is 10.5. The van der Waals surface area contributed by atoms with E-state index in [4.69, 9.17) is 5.11 Å². The van der Waals surface area contributed by atoms with Gasteiger partial charge in [0.05, 0.1) is 12.2 Å². The molecule has 7 nitrogen and oxygen atoms in total. The van der Waals surface area contributed by atoms with Gasteiger partial charge in [-0.15, -0.1) is 0 Å². The highest BCUT2D eigenvalue weighted by Gasteiger charge is 2.27. The van der Waals surface area contributed by atoms with E-state index in [0.29, 0.717) is 5.69 Å². The zero-order valence-corrected chi connectivity index (χ0v) is 9.73. The first-order valence-corrected chi connectivity index (χ1v) is 6.07. The molecule has 0 aliphatic heterocycles. The van der Waals surface area contributed by atoms with Gasteiger partial charge in [-0.1, -0.05) is 0 Å². The lowest BCUT2D eigenvalue weighted by atomic mass is 10.4. The third kappa shape index (κ3) is 3.04. The predicted molar refractivity (Wildman–Crippen MR) is 56.1 cm³/mol. The van der Waals surface area contributed by atoms with Crippen molar-refractivity contribution in [1.82, 2.24) is 14.5 Å². The molecule has 0 aromatic carbocycles. The van der Waals surface area contributed by atoms with Gasteiger partial charge in [0, 0.05) is 13.2 Å². The van der Waals surface area contributed by atoms with Gasteiger partial charge in [-0.05, 0) is 13.0 Å². The quantitative estimate of drug-likeness (QED) is 0.717. The Bertz CT molecular complexity index is 479. The number of carboxylic acid groups (broad SMARTS) is 1. The molecule has 1 unspecified atom stereocenters. The number of hydrogen-bond donors (Lipinski definition) is 2. The van der Waals surface area contributed by atoms with Crippen LogP contribution in [0.25, 0.3) is 0 Å². The molecule has 0 fully saturated rings. The predicted octanol–water partition coefficient (Wildman–Crippen LogP) is -0.687. The Kier molecular flexibility index (Phi) is 3.66. The van der Waals surface area contributed by atoms with E-state index < -0.39 is 21.2 Å². The molecule has 1 atom stereocenters. The van der Waals surface area contributed by atoms with Crippen LogP contribution >= 0.6 is 0 Å². The fourth-order valence-electron chi connectivity index (χ4n) is 0.990. The second-order valence-electron chi connectivity index (χ2n) is 3.33. The van der Waals surface area contributed by atoms with Crippen LogP contribution in [0.3, 0.4) is 0 Å². The van der Waals surface area contributed by atoms with E-state index in [9.17, 15) is 13.2 Å². The molecule has 16 heavy (non-hydrogen) atoms. The first kappa shape index (κ1) is 12.7. The van der Waals surface area contributed by atoms with Gasteiger partial charge in [0.1, 0.15) is 0 Å². The van der Waals surface area contributed by atoms with Crippen molar-refractivity contribution in [2.75, 3.05) is 0 Å². The van der Waals surface area contributed by atoms with Gasteiger partial charge in [-0.2, -0.15) is 5.10 Å². The highest BCUT2D eigenvalue weighted by Crippen LogP contribution is 2.01. The van der Waals surface area contributed by atoms with Gasteiger partial charge in [-0.25, -0.2) is 13.1 Å². The van der Waals surface area contributed by atoms with E-state index in [0.717, 1.165) is 6.92 Å². The highest BCUT2D eigenvalue weighted by atomic mass is 32.2. The van der Waals surface area contributed by atoms with Crippen LogP contribution in [0.5, 0.6) is 0 Å². The number of hydrogen-bond acceptors (Lipinski definition) is 4. The van der Waals surface area contributed by atoms with Crippen molar-refractivity contribution in [2.45, 2.75) is 18.7 Å². The minimum atomic E-state index is -3.85. The molecule has 1 heterocycles. The van der Waals surface area contributed by atoms with Crippen LogP contribution in [0, 0.1) is 0 Å². The number of rotatable bonds is 5. The number of nitrogens with one attached hydrogen (secondary N) is 1. The molecular formula is C8H13N3O4S. The molecule has 0 amide bonds. The average molecular weight is 247 g/mol. The molecule has 90 valence electrons. The minimum Gasteiger partial charge on any atom is -0.480 e. The van der Waals surface area contributed by atoms with Crippen LogP contribution in [0.15, 0.2) is 12.3 Å². The minimum absolute atomic E-state index is 0.0131. The SMILES string of the molecule is CC(C(=O)O)S(=O)(=O)NCc1ccn(C)n1. The molecular weight excluding hydrogens is 234 g/mol. The second kappa shape index (κ2) is 4.62. The van der Waals surface area contributed by atoms with Crippen molar-refractivity contribution in [3.63, 3.8) is 0 Å². The number of carboxylic acids is 1.